The molecule has 1 N–H and O–H groups in total. The first-order valence-corrected chi connectivity index (χ1v) is 13.5. The van der Waals surface area contributed by atoms with Crippen molar-refractivity contribution < 1.29 is 14.1 Å². The fraction of sp³-hybridized carbons (Fsp3) is 0.448. The highest BCUT2D eigenvalue weighted by molar-refractivity contribution is 5.91. The molecule has 0 bridgehead atoms. The number of nitrogens with one attached hydrogen (secondary N) is 1. The molecule has 9 heteroatoms. The number of hydrogen-bond acceptors (Lipinski definition) is 8. The predicted molar refractivity (Wildman–Crippen MR) is 146 cm³/mol. The lowest BCUT2D eigenvalue weighted by atomic mass is 9.96. The summed E-state index contributed by atoms with van der Waals surface area (Å²) in [5, 5.41) is 13.9. The number of rotatable bonds is 6. The molecule has 3 heterocycles. The second-order valence-electron chi connectivity index (χ2n) is 10.6. The van der Waals surface area contributed by atoms with Crippen molar-refractivity contribution in [1.82, 2.24) is 20.3 Å². The number of H-pyrrole nitrogens is 1. The SMILES string of the molecule is CN1CCN(c2noc3c(Cc4n[nH]c(=O)c5ccc(OC6CCC6)cc45)cccc23)CC1.O=CC1CC1. The molecule has 1 aliphatic heterocycles. The number of hydrogen-bond donors (Lipinski definition) is 1. The van der Waals surface area contributed by atoms with E-state index in [-0.39, 0.29) is 11.7 Å². The molecule has 2 aromatic carbocycles. The number of fused-ring (bicyclic) bond motifs is 2. The number of likely N-dealkylation sites (N-methyl/N-ethyl adjacent to an activating group) is 1. The number of piperazine rings is 1. The van der Waals surface area contributed by atoms with Gasteiger partial charge in [-0.3, -0.25) is 4.79 Å². The first kappa shape index (κ1) is 24.6. The van der Waals surface area contributed by atoms with Crippen molar-refractivity contribution in [2.24, 2.45) is 5.92 Å². The lowest BCUT2D eigenvalue weighted by Crippen LogP contribution is -2.44. The Kier molecular flexibility index (Phi) is 6.84. The van der Waals surface area contributed by atoms with E-state index in [1.54, 1.807) is 0 Å². The number of aromatic amines is 1. The molecule has 3 fully saturated rings. The van der Waals surface area contributed by atoms with Gasteiger partial charge in [-0.2, -0.15) is 5.10 Å². The van der Waals surface area contributed by atoms with Gasteiger partial charge in [0, 0.05) is 49.5 Å². The molecular weight excluding hydrogens is 482 g/mol. The molecule has 0 atom stereocenters. The van der Waals surface area contributed by atoms with Crippen LogP contribution in [0.15, 0.2) is 45.7 Å². The predicted octanol–water partition coefficient (Wildman–Crippen LogP) is 3.93. The third-order valence-corrected chi connectivity index (χ3v) is 7.73. The van der Waals surface area contributed by atoms with Crippen molar-refractivity contribution in [3.05, 3.63) is 58.0 Å². The summed E-state index contributed by atoms with van der Waals surface area (Å²) in [6.45, 7) is 3.87. The zero-order valence-electron chi connectivity index (χ0n) is 21.7. The smallest absolute Gasteiger partial charge is 0.272 e. The molecule has 3 aliphatic rings. The Morgan fingerprint density at radius 1 is 1.05 bits per heavy atom. The molecule has 0 amide bonds. The molecule has 1 saturated heterocycles. The van der Waals surface area contributed by atoms with Crippen molar-refractivity contribution in [2.75, 3.05) is 38.1 Å². The number of benzene rings is 2. The van der Waals surface area contributed by atoms with Crippen LogP contribution >= 0.6 is 0 Å². The average Bonchev–Trinajstić information content (AvgIpc) is 3.66. The molecule has 2 aromatic heterocycles. The van der Waals surface area contributed by atoms with E-state index in [2.05, 4.69) is 38.3 Å². The van der Waals surface area contributed by atoms with Crippen molar-refractivity contribution in [1.29, 1.82) is 0 Å². The Labute approximate surface area is 220 Å². The number of aldehydes is 1. The molecule has 0 spiro atoms. The fourth-order valence-electron chi connectivity index (χ4n) is 4.89. The Morgan fingerprint density at radius 3 is 2.55 bits per heavy atom. The van der Waals surface area contributed by atoms with Gasteiger partial charge >= 0.3 is 0 Å². The summed E-state index contributed by atoms with van der Waals surface area (Å²) in [4.78, 5) is 26.6. The zero-order valence-corrected chi connectivity index (χ0v) is 21.7. The van der Waals surface area contributed by atoms with Crippen LogP contribution in [0.2, 0.25) is 0 Å². The number of ether oxygens (including phenoxy) is 1. The monoisotopic (exact) mass is 515 g/mol. The van der Waals surface area contributed by atoms with Crippen molar-refractivity contribution in [2.45, 2.75) is 44.6 Å². The maximum atomic E-state index is 12.4. The van der Waals surface area contributed by atoms with E-state index in [1.807, 2.05) is 30.3 Å². The van der Waals surface area contributed by atoms with E-state index in [1.165, 1.54) is 6.42 Å². The molecule has 0 radical (unpaired) electrons. The third-order valence-electron chi connectivity index (χ3n) is 7.73. The Morgan fingerprint density at radius 2 is 1.87 bits per heavy atom. The van der Waals surface area contributed by atoms with Crippen LogP contribution in [0.25, 0.3) is 21.7 Å². The van der Waals surface area contributed by atoms with Crippen LogP contribution in [0.1, 0.15) is 43.4 Å². The minimum absolute atomic E-state index is 0.195. The maximum absolute atomic E-state index is 12.4. The molecule has 4 aromatic rings. The number of anilines is 1. The van der Waals surface area contributed by atoms with Crippen molar-refractivity contribution >= 4 is 33.8 Å². The number of aromatic nitrogens is 3. The first-order chi connectivity index (χ1) is 18.6. The fourth-order valence-corrected chi connectivity index (χ4v) is 4.89. The second kappa shape index (κ2) is 10.6. The van der Waals surface area contributed by atoms with Gasteiger partial charge in [0.2, 0.25) is 0 Å². The number of carbonyl (C=O) groups is 1. The highest BCUT2D eigenvalue weighted by Crippen LogP contribution is 2.32. The molecular formula is C29H33N5O4. The van der Waals surface area contributed by atoms with E-state index in [0.29, 0.717) is 17.7 Å². The minimum atomic E-state index is -0.195. The molecule has 38 heavy (non-hydrogen) atoms. The summed E-state index contributed by atoms with van der Waals surface area (Å²) in [5.41, 5.74) is 2.36. The van der Waals surface area contributed by atoms with Crippen molar-refractivity contribution in [3.8, 4) is 5.75 Å². The van der Waals surface area contributed by atoms with Crippen LogP contribution in [0, 0.1) is 5.92 Å². The molecule has 9 nitrogen and oxygen atoms in total. The van der Waals surface area contributed by atoms with Gasteiger partial charge in [-0.25, -0.2) is 5.10 Å². The molecule has 2 aliphatic carbocycles. The Balaban J connectivity index is 0.000000476. The van der Waals surface area contributed by atoms with Crippen LogP contribution in [0.4, 0.5) is 5.82 Å². The van der Waals surface area contributed by atoms with Gasteiger partial charge < -0.3 is 23.9 Å². The first-order valence-electron chi connectivity index (χ1n) is 13.5. The lowest BCUT2D eigenvalue weighted by Gasteiger charge is -2.32. The Bertz CT molecular complexity index is 1500. The van der Waals surface area contributed by atoms with E-state index in [0.717, 1.165) is 97.3 Å². The molecule has 2 saturated carbocycles. The van der Waals surface area contributed by atoms with Crippen molar-refractivity contribution in [3.63, 3.8) is 0 Å². The molecule has 198 valence electrons. The van der Waals surface area contributed by atoms with E-state index < -0.39 is 0 Å². The molecule has 7 rings (SSSR count). The lowest BCUT2D eigenvalue weighted by molar-refractivity contribution is -0.108. The summed E-state index contributed by atoms with van der Waals surface area (Å²) in [6, 6.07) is 11.8. The van der Waals surface area contributed by atoms with E-state index in [4.69, 9.17) is 9.26 Å². The second-order valence-corrected chi connectivity index (χ2v) is 10.6. The van der Waals surface area contributed by atoms with Crippen LogP contribution in [-0.2, 0) is 11.2 Å². The highest BCUT2D eigenvalue weighted by atomic mass is 16.5. The third kappa shape index (κ3) is 5.15. The van der Waals surface area contributed by atoms with Gasteiger partial charge in [-0.05, 0) is 63.4 Å². The summed E-state index contributed by atoms with van der Waals surface area (Å²) in [7, 11) is 2.14. The van der Waals surface area contributed by atoms with Crippen LogP contribution in [0.5, 0.6) is 5.75 Å². The van der Waals surface area contributed by atoms with Gasteiger partial charge in [0.25, 0.3) is 5.56 Å². The minimum Gasteiger partial charge on any atom is -0.490 e. The topological polar surface area (TPSA) is 105 Å². The summed E-state index contributed by atoms with van der Waals surface area (Å²) >= 11 is 0. The van der Waals surface area contributed by atoms with E-state index >= 15 is 0 Å². The standard InChI is InChI=1S/C25H27N5O3.C4H6O/c1-29-10-12-30(13-11-29)24-20-7-2-4-16(23(20)33-28-24)14-22-21-15-18(32-17-5-3-6-17)8-9-19(21)25(31)27-26-22;5-3-4-1-2-4/h2,4,7-9,15,17H,3,5-6,10-14H2,1H3,(H,27,31);3-4H,1-2H2. The van der Waals surface area contributed by atoms with Gasteiger partial charge in [0.15, 0.2) is 11.4 Å². The average molecular weight is 516 g/mol. The van der Waals surface area contributed by atoms with Gasteiger partial charge in [0.1, 0.15) is 12.0 Å². The summed E-state index contributed by atoms with van der Waals surface area (Å²) in [5.74, 6) is 2.14. The van der Waals surface area contributed by atoms with Crippen LogP contribution in [-0.4, -0.2) is 65.9 Å². The quantitative estimate of drug-likeness (QED) is 0.385. The molecule has 0 unspecified atom stereocenters. The number of para-hydroxylation sites is 1. The number of carbonyl (C=O) groups excluding carboxylic acids is 1. The number of nitrogens with zero attached hydrogens (tertiary/aromatic N) is 4. The normalized spacial score (nSPS) is 18.2. The Hall–Kier alpha value is -3.72. The van der Waals surface area contributed by atoms with Crippen LogP contribution in [0.3, 0.4) is 0 Å². The summed E-state index contributed by atoms with van der Waals surface area (Å²) < 4.78 is 11.9. The zero-order chi connectivity index (χ0) is 26.1. The summed E-state index contributed by atoms with van der Waals surface area (Å²) in [6.07, 6.45) is 7.49. The van der Waals surface area contributed by atoms with Gasteiger partial charge in [-0.15, -0.1) is 0 Å². The van der Waals surface area contributed by atoms with E-state index in [9.17, 15) is 9.59 Å². The van der Waals surface area contributed by atoms with Gasteiger partial charge in [-0.1, -0.05) is 17.3 Å². The largest absolute Gasteiger partial charge is 0.490 e. The maximum Gasteiger partial charge on any atom is 0.272 e. The van der Waals surface area contributed by atoms with Crippen LogP contribution < -0.4 is 15.2 Å². The van der Waals surface area contributed by atoms with Gasteiger partial charge in [0.05, 0.1) is 22.6 Å². The highest BCUT2D eigenvalue weighted by Gasteiger charge is 2.23.